The molecule has 0 spiro atoms. The smallest absolute Gasteiger partial charge is 0.0967 e. The van der Waals surface area contributed by atoms with Crippen LogP contribution in [-0.2, 0) is 4.84 Å². The second-order valence-electron chi connectivity index (χ2n) is 6.66. The van der Waals surface area contributed by atoms with Crippen molar-refractivity contribution in [3.63, 3.8) is 0 Å². The number of nitrogens with zero attached hydrogens (tertiary/aromatic N) is 1. The molecule has 4 nitrogen and oxygen atoms in total. The van der Waals surface area contributed by atoms with Crippen LogP contribution in [0.15, 0.2) is 11.8 Å². The number of rotatable bonds is 3. The Hall–Kier alpha value is -0.580. The predicted octanol–water partition coefficient (Wildman–Crippen LogP) is 2.39. The summed E-state index contributed by atoms with van der Waals surface area (Å²) in [4.78, 5) is 5.75. The summed E-state index contributed by atoms with van der Waals surface area (Å²) in [7, 11) is 0. The van der Waals surface area contributed by atoms with Crippen molar-refractivity contribution in [3.05, 3.63) is 11.8 Å². The van der Waals surface area contributed by atoms with Gasteiger partial charge in [0.2, 0.25) is 0 Å². The van der Waals surface area contributed by atoms with Crippen LogP contribution in [0.5, 0.6) is 0 Å². The fraction of sp³-hybridized carbons (Fsp3) is 0.846. The molecule has 1 aliphatic rings. The van der Waals surface area contributed by atoms with E-state index in [0.29, 0.717) is 12.2 Å². The third kappa shape index (κ3) is 3.69. The molecule has 0 fully saturated rings. The molecule has 2 N–H and O–H groups in total. The molecule has 1 aliphatic heterocycles. The first kappa shape index (κ1) is 14.5. The van der Waals surface area contributed by atoms with Crippen molar-refractivity contribution in [2.75, 3.05) is 6.61 Å². The van der Waals surface area contributed by atoms with Gasteiger partial charge in [-0.2, -0.15) is 5.06 Å². The maximum Gasteiger partial charge on any atom is 0.0967 e. The van der Waals surface area contributed by atoms with Crippen molar-refractivity contribution in [1.29, 1.82) is 0 Å². The van der Waals surface area contributed by atoms with Gasteiger partial charge in [0.05, 0.1) is 23.5 Å². The zero-order valence-corrected chi connectivity index (χ0v) is 11.7. The minimum Gasteiger partial charge on any atom is -0.513 e. The third-order valence-electron chi connectivity index (χ3n) is 2.75. The molecule has 0 aliphatic carbocycles. The van der Waals surface area contributed by atoms with Gasteiger partial charge in [0.1, 0.15) is 0 Å². The lowest BCUT2D eigenvalue weighted by atomic mass is 9.86. The summed E-state index contributed by atoms with van der Waals surface area (Å²) in [5.74, 6) is 0.392. The van der Waals surface area contributed by atoms with Crippen LogP contribution in [0, 0.1) is 0 Å². The molecule has 0 atom stereocenters. The molecule has 0 aromatic carbocycles. The van der Waals surface area contributed by atoms with Crippen LogP contribution in [0.2, 0.25) is 0 Å². The molecular weight excluding hydrogens is 218 g/mol. The number of hydrogen-bond donors (Lipinski definition) is 2. The van der Waals surface area contributed by atoms with E-state index in [2.05, 4.69) is 0 Å². The second-order valence-corrected chi connectivity index (χ2v) is 6.66. The Morgan fingerprint density at radius 1 is 1.35 bits per heavy atom. The van der Waals surface area contributed by atoms with Crippen molar-refractivity contribution in [2.24, 2.45) is 0 Å². The topological polar surface area (TPSA) is 52.9 Å². The molecule has 0 amide bonds. The molecule has 0 saturated heterocycles. The van der Waals surface area contributed by atoms with Gasteiger partial charge in [-0.15, -0.1) is 0 Å². The van der Waals surface area contributed by atoms with Crippen LogP contribution in [0.3, 0.4) is 0 Å². The number of aliphatic hydroxyl groups excluding tert-OH is 1. The molecular formula is C13H25NO3. The summed E-state index contributed by atoms with van der Waals surface area (Å²) in [6, 6.07) is 0. The molecule has 100 valence electrons. The van der Waals surface area contributed by atoms with Crippen molar-refractivity contribution in [1.82, 2.24) is 5.06 Å². The zero-order chi connectivity index (χ0) is 13.5. The molecule has 1 heterocycles. The fourth-order valence-electron chi connectivity index (χ4n) is 2.38. The normalized spacial score (nSPS) is 24.5. The lowest BCUT2D eigenvalue weighted by Gasteiger charge is -2.49. The van der Waals surface area contributed by atoms with Gasteiger partial charge in [-0.1, -0.05) is 0 Å². The van der Waals surface area contributed by atoms with E-state index in [1.807, 2.05) is 32.8 Å². The molecule has 0 aromatic heterocycles. The number of hydroxylamine groups is 2. The lowest BCUT2D eigenvalue weighted by molar-refractivity contribution is -0.278. The second kappa shape index (κ2) is 4.26. The summed E-state index contributed by atoms with van der Waals surface area (Å²) in [6.07, 6.45) is 2.34. The van der Waals surface area contributed by atoms with E-state index in [9.17, 15) is 10.2 Å². The minimum atomic E-state index is -0.866. The Morgan fingerprint density at radius 2 is 1.88 bits per heavy atom. The maximum absolute atomic E-state index is 9.76. The minimum absolute atomic E-state index is 0.231. The van der Waals surface area contributed by atoms with Crippen LogP contribution in [0.1, 0.15) is 48.0 Å². The zero-order valence-electron chi connectivity index (χ0n) is 11.7. The molecule has 0 bridgehead atoms. The van der Waals surface area contributed by atoms with Gasteiger partial charge in [0.15, 0.2) is 0 Å². The van der Waals surface area contributed by atoms with Gasteiger partial charge in [-0.25, -0.2) is 0 Å². The lowest BCUT2D eigenvalue weighted by Crippen LogP contribution is -2.58. The fourth-order valence-corrected chi connectivity index (χ4v) is 2.38. The molecule has 4 heteroatoms. The highest BCUT2D eigenvalue weighted by Crippen LogP contribution is 2.36. The van der Waals surface area contributed by atoms with Crippen molar-refractivity contribution in [3.8, 4) is 0 Å². The van der Waals surface area contributed by atoms with Crippen molar-refractivity contribution >= 4 is 0 Å². The van der Waals surface area contributed by atoms with Crippen LogP contribution < -0.4 is 0 Å². The van der Waals surface area contributed by atoms with Gasteiger partial charge in [-0.05, 0) is 47.6 Å². The van der Waals surface area contributed by atoms with Crippen LogP contribution in [-0.4, -0.2) is 38.6 Å². The predicted molar refractivity (Wildman–Crippen MR) is 67.6 cm³/mol. The average molecular weight is 243 g/mol. The summed E-state index contributed by atoms with van der Waals surface area (Å²) < 4.78 is 0. The van der Waals surface area contributed by atoms with Crippen LogP contribution in [0.25, 0.3) is 0 Å². The monoisotopic (exact) mass is 243 g/mol. The van der Waals surface area contributed by atoms with E-state index in [4.69, 9.17) is 4.84 Å². The van der Waals surface area contributed by atoms with E-state index >= 15 is 0 Å². The largest absolute Gasteiger partial charge is 0.513 e. The molecule has 0 unspecified atom stereocenters. The summed E-state index contributed by atoms with van der Waals surface area (Å²) >= 11 is 0. The quantitative estimate of drug-likeness (QED) is 0.799. The Kier molecular flexibility index (Phi) is 3.63. The average Bonchev–Trinajstić information content (AvgIpc) is 1.94. The molecule has 1 rings (SSSR count). The van der Waals surface area contributed by atoms with E-state index < -0.39 is 11.1 Å². The van der Waals surface area contributed by atoms with Gasteiger partial charge in [0, 0.05) is 12.0 Å². The first-order chi connectivity index (χ1) is 7.44. The molecule has 17 heavy (non-hydrogen) atoms. The van der Waals surface area contributed by atoms with Crippen molar-refractivity contribution in [2.45, 2.75) is 64.6 Å². The standard InChI is InChI=1S/C13H25NO3/c1-11(2)7-10(15)8-12(3,4)14(11)17-9-13(5,6)16/h7,15-16H,8-9H2,1-6H3. The molecule has 0 saturated carbocycles. The SMILES string of the molecule is CC(C)(O)CON1C(C)(C)C=C(O)CC1(C)C. The van der Waals surface area contributed by atoms with Crippen LogP contribution in [0.4, 0.5) is 0 Å². The Labute approximate surface area is 104 Å². The van der Waals surface area contributed by atoms with E-state index in [1.54, 1.807) is 19.9 Å². The molecule has 0 radical (unpaired) electrons. The van der Waals surface area contributed by atoms with E-state index in [1.165, 1.54) is 0 Å². The van der Waals surface area contributed by atoms with Gasteiger partial charge in [0.25, 0.3) is 0 Å². The Bertz CT molecular complexity index is 313. The van der Waals surface area contributed by atoms with Gasteiger partial charge in [-0.3, -0.25) is 4.84 Å². The Balaban J connectivity index is 2.88. The highest BCUT2D eigenvalue weighted by Gasteiger charge is 2.43. The summed E-state index contributed by atoms with van der Waals surface area (Å²) in [6.45, 7) is 11.6. The highest BCUT2D eigenvalue weighted by molar-refractivity contribution is 5.15. The summed E-state index contributed by atoms with van der Waals surface area (Å²) in [5, 5.41) is 21.3. The van der Waals surface area contributed by atoms with Crippen LogP contribution >= 0.6 is 0 Å². The number of aliphatic hydroxyl groups is 2. The number of hydrogen-bond acceptors (Lipinski definition) is 4. The first-order valence-electron chi connectivity index (χ1n) is 6.00. The highest BCUT2D eigenvalue weighted by atomic mass is 16.7. The molecule has 0 aromatic rings. The van der Waals surface area contributed by atoms with E-state index in [0.717, 1.165) is 0 Å². The Morgan fingerprint density at radius 3 is 2.29 bits per heavy atom. The van der Waals surface area contributed by atoms with Crippen molar-refractivity contribution < 1.29 is 15.1 Å². The first-order valence-corrected chi connectivity index (χ1v) is 6.00. The van der Waals surface area contributed by atoms with E-state index in [-0.39, 0.29) is 12.1 Å². The van der Waals surface area contributed by atoms with Gasteiger partial charge >= 0.3 is 0 Å². The summed E-state index contributed by atoms with van der Waals surface area (Å²) in [5.41, 5.74) is -1.56. The van der Waals surface area contributed by atoms with Gasteiger partial charge < -0.3 is 10.2 Å². The maximum atomic E-state index is 9.76. The third-order valence-corrected chi connectivity index (χ3v) is 2.75.